The van der Waals surface area contributed by atoms with Crippen LogP contribution in [0.25, 0.3) is 11.3 Å². The molecular formula is C12H14ClN3. The molecule has 0 fully saturated rings. The van der Waals surface area contributed by atoms with Gasteiger partial charge < -0.3 is 5.73 Å². The van der Waals surface area contributed by atoms with Crippen molar-refractivity contribution in [2.75, 3.05) is 5.73 Å². The summed E-state index contributed by atoms with van der Waals surface area (Å²) in [5, 5.41) is 7.53. The molecular weight excluding hydrogens is 222 g/mol. The molecule has 4 heteroatoms. The zero-order valence-corrected chi connectivity index (χ0v) is 10.0. The first-order chi connectivity index (χ1) is 7.58. The van der Waals surface area contributed by atoms with E-state index in [2.05, 4.69) is 24.0 Å². The van der Waals surface area contributed by atoms with Crippen LogP contribution in [0.15, 0.2) is 24.3 Å². The van der Waals surface area contributed by atoms with Gasteiger partial charge in [-0.15, -0.1) is 0 Å². The van der Waals surface area contributed by atoms with Gasteiger partial charge in [0.2, 0.25) is 0 Å². The Morgan fingerprint density at radius 1 is 1.31 bits per heavy atom. The van der Waals surface area contributed by atoms with Gasteiger partial charge in [0.15, 0.2) is 0 Å². The molecule has 0 aliphatic carbocycles. The van der Waals surface area contributed by atoms with Crippen molar-refractivity contribution in [1.29, 1.82) is 0 Å². The maximum absolute atomic E-state index is 6.22. The summed E-state index contributed by atoms with van der Waals surface area (Å²) in [5.74, 6) is 0.910. The second-order valence-electron chi connectivity index (χ2n) is 4.10. The van der Waals surface area contributed by atoms with Crippen molar-refractivity contribution < 1.29 is 0 Å². The van der Waals surface area contributed by atoms with Crippen LogP contribution in [0.1, 0.15) is 25.3 Å². The van der Waals surface area contributed by atoms with Crippen LogP contribution in [0.4, 0.5) is 5.82 Å². The van der Waals surface area contributed by atoms with E-state index in [-0.39, 0.29) is 0 Å². The number of hydrogen-bond acceptors (Lipinski definition) is 2. The van der Waals surface area contributed by atoms with Crippen molar-refractivity contribution >= 4 is 17.4 Å². The molecule has 0 bridgehead atoms. The third-order valence-corrected chi connectivity index (χ3v) is 2.86. The fourth-order valence-corrected chi connectivity index (χ4v) is 2.05. The summed E-state index contributed by atoms with van der Waals surface area (Å²) < 4.78 is 0. The number of hydrogen-bond donors (Lipinski definition) is 2. The molecule has 0 atom stereocenters. The molecule has 0 radical (unpaired) electrons. The van der Waals surface area contributed by atoms with Crippen molar-refractivity contribution in [3.8, 4) is 11.3 Å². The first-order valence-electron chi connectivity index (χ1n) is 5.18. The molecule has 2 rings (SSSR count). The number of anilines is 1. The Labute approximate surface area is 99.6 Å². The number of halogens is 1. The van der Waals surface area contributed by atoms with E-state index in [0.717, 1.165) is 21.8 Å². The lowest BCUT2D eigenvalue weighted by Gasteiger charge is -2.09. The zero-order valence-electron chi connectivity index (χ0n) is 9.29. The van der Waals surface area contributed by atoms with E-state index in [1.807, 2.05) is 18.2 Å². The highest BCUT2D eigenvalue weighted by Crippen LogP contribution is 2.29. The van der Waals surface area contributed by atoms with E-state index in [4.69, 9.17) is 17.3 Å². The second kappa shape index (κ2) is 4.18. The van der Waals surface area contributed by atoms with E-state index in [1.165, 1.54) is 0 Å². The third kappa shape index (κ3) is 2.04. The van der Waals surface area contributed by atoms with Gasteiger partial charge in [-0.2, -0.15) is 5.10 Å². The van der Waals surface area contributed by atoms with Gasteiger partial charge in [-0.05, 0) is 17.5 Å². The van der Waals surface area contributed by atoms with Gasteiger partial charge in [-0.25, -0.2) is 0 Å². The molecule has 3 N–H and O–H groups in total. The quantitative estimate of drug-likeness (QED) is 0.838. The van der Waals surface area contributed by atoms with Crippen molar-refractivity contribution in [1.82, 2.24) is 10.2 Å². The van der Waals surface area contributed by atoms with Gasteiger partial charge in [0, 0.05) is 16.7 Å². The van der Waals surface area contributed by atoms with E-state index in [1.54, 1.807) is 6.07 Å². The minimum atomic E-state index is 0.424. The smallest absolute Gasteiger partial charge is 0.145 e. The molecule has 1 heterocycles. The van der Waals surface area contributed by atoms with Crippen LogP contribution in [0, 0.1) is 0 Å². The maximum atomic E-state index is 6.22. The first kappa shape index (κ1) is 11.0. The van der Waals surface area contributed by atoms with Crippen molar-refractivity contribution in [2.24, 2.45) is 0 Å². The van der Waals surface area contributed by atoms with Gasteiger partial charge in [-0.1, -0.05) is 37.6 Å². The highest BCUT2D eigenvalue weighted by molar-refractivity contribution is 6.31. The molecule has 2 aromatic rings. The molecule has 0 saturated heterocycles. The maximum Gasteiger partial charge on any atom is 0.145 e. The number of aromatic amines is 1. The standard InChI is InChI=1S/C12H14ClN3/c1-7(2)9-4-3-8(5-10(9)13)11-6-12(14)16-15-11/h3-7H,1-2H3,(H3,14,15,16). The number of H-pyrrole nitrogens is 1. The van der Waals surface area contributed by atoms with Crippen LogP contribution >= 0.6 is 11.6 Å². The fourth-order valence-electron chi connectivity index (χ4n) is 1.65. The molecule has 0 unspecified atom stereocenters. The largest absolute Gasteiger partial charge is 0.382 e. The number of nitrogens with one attached hydrogen (secondary N) is 1. The highest BCUT2D eigenvalue weighted by Gasteiger charge is 2.08. The molecule has 0 spiro atoms. The Morgan fingerprint density at radius 3 is 2.56 bits per heavy atom. The first-order valence-corrected chi connectivity index (χ1v) is 5.56. The van der Waals surface area contributed by atoms with E-state index in [0.29, 0.717) is 11.7 Å². The average Bonchev–Trinajstić information content (AvgIpc) is 2.64. The monoisotopic (exact) mass is 235 g/mol. The van der Waals surface area contributed by atoms with Crippen LogP contribution < -0.4 is 5.73 Å². The summed E-state index contributed by atoms with van der Waals surface area (Å²) in [7, 11) is 0. The SMILES string of the molecule is CC(C)c1ccc(-c2cc(N)n[nH]2)cc1Cl. The van der Waals surface area contributed by atoms with Gasteiger partial charge in [-0.3, -0.25) is 5.10 Å². The summed E-state index contributed by atoms with van der Waals surface area (Å²) >= 11 is 6.22. The predicted octanol–water partition coefficient (Wildman–Crippen LogP) is 3.44. The molecule has 16 heavy (non-hydrogen) atoms. The molecule has 0 amide bonds. The number of benzene rings is 1. The van der Waals surface area contributed by atoms with Crippen LogP contribution in [0.3, 0.4) is 0 Å². The van der Waals surface area contributed by atoms with Gasteiger partial charge in [0.05, 0.1) is 5.69 Å². The summed E-state index contributed by atoms with van der Waals surface area (Å²) in [6.45, 7) is 4.24. The summed E-state index contributed by atoms with van der Waals surface area (Å²) in [4.78, 5) is 0. The number of rotatable bonds is 2. The van der Waals surface area contributed by atoms with E-state index in [9.17, 15) is 0 Å². The Hall–Kier alpha value is -1.48. The highest BCUT2D eigenvalue weighted by atomic mass is 35.5. The predicted molar refractivity (Wildman–Crippen MR) is 67.5 cm³/mol. The van der Waals surface area contributed by atoms with Crippen LogP contribution in [-0.4, -0.2) is 10.2 Å². The van der Waals surface area contributed by atoms with Crippen LogP contribution in [0.2, 0.25) is 5.02 Å². The van der Waals surface area contributed by atoms with E-state index < -0.39 is 0 Å². The second-order valence-corrected chi connectivity index (χ2v) is 4.50. The summed E-state index contributed by atoms with van der Waals surface area (Å²) in [6, 6.07) is 7.79. The minimum absolute atomic E-state index is 0.424. The number of aromatic nitrogens is 2. The van der Waals surface area contributed by atoms with Gasteiger partial charge in [0.25, 0.3) is 0 Å². The molecule has 0 aliphatic heterocycles. The Morgan fingerprint density at radius 2 is 2.06 bits per heavy atom. The van der Waals surface area contributed by atoms with Crippen molar-refractivity contribution in [3.05, 3.63) is 34.9 Å². The number of nitrogen functional groups attached to an aromatic ring is 1. The van der Waals surface area contributed by atoms with E-state index >= 15 is 0 Å². The molecule has 84 valence electrons. The number of nitrogens with zero attached hydrogens (tertiary/aromatic N) is 1. The third-order valence-electron chi connectivity index (χ3n) is 2.53. The fraction of sp³-hybridized carbons (Fsp3) is 0.250. The summed E-state index contributed by atoms with van der Waals surface area (Å²) in [5.41, 5.74) is 8.59. The molecule has 1 aromatic heterocycles. The Balaban J connectivity index is 2.42. The lowest BCUT2D eigenvalue weighted by Crippen LogP contribution is -1.89. The molecule has 1 aromatic carbocycles. The minimum Gasteiger partial charge on any atom is -0.382 e. The topological polar surface area (TPSA) is 54.7 Å². The van der Waals surface area contributed by atoms with Gasteiger partial charge >= 0.3 is 0 Å². The molecule has 0 saturated carbocycles. The average molecular weight is 236 g/mol. The normalized spacial score (nSPS) is 11.0. The van der Waals surface area contributed by atoms with Gasteiger partial charge in [0.1, 0.15) is 5.82 Å². The zero-order chi connectivity index (χ0) is 11.7. The molecule has 0 aliphatic rings. The lowest BCUT2D eigenvalue weighted by atomic mass is 10.0. The number of nitrogens with two attached hydrogens (primary N) is 1. The Bertz CT molecular complexity index is 503. The Kier molecular flexibility index (Phi) is 2.88. The van der Waals surface area contributed by atoms with Crippen molar-refractivity contribution in [2.45, 2.75) is 19.8 Å². The summed E-state index contributed by atoms with van der Waals surface area (Å²) in [6.07, 6.45) is 0. The lowest BCUT2D eigenvalue weighted by molar-refractivity contribution is 0.867. The molecule has 3 nitrogen and oxygen atoms in total. The van der Waals surface area contributed by atoms with Crippen LogP contribution in [-0.2, 0) is 0 Å². The van der Waals surface area contributed by atoms with Crippen LogP contribution in [0.5, 0.6) is 0 Å². The van der Waals surface area contributed by atoms with Crippen molar-refractivity contribution in [3.63, 3.8) is 0 Å².